The second kappa shape index (κ2) is 3.75. The highest BCUT2D eigenvalue weighted by Gasteiger charge is 2.22. The molecule has 0 aromatic carbocycles. The van der Waals surface area contributed by atoms with E-state index in [4.69, 9.17) is 0 Å². The molecule has 0 aromatic rings. The summed E-state index contributed by atoms with van der Waals surface area (Å²) in [7, 11) is -3.00. The van der Waals surface area contributed by atoms with Crippen LogP contribution >= 0.6 is 0 Å². The standard InChI is InChI=1S/C8H16O3S/c1-12(10,11)6-8(9)5-4-7-2-3-7/h7-9H,2-6H2,1H3. The number of aliphatic hydroxyl groups excluding tert-OH is 1. The zero-order valence-electron chi connectivity index (χ0n) is 7.36. The van der Waals surface area contributed by atoms with Crippen molar-refractivity contribution in [2.24, 2.45) is 5.92 Å². The van der Waals surface area contributed by atoms with Gasteiger partial charge in [0.25, 0.3) is 0 Å². The highest BCUT2D eigenvalue weighted by atomic mass is 32.2. The third-order valence-corrected chi connectivity index (χ3v) is 3.09. The van der Waals surface area contributed by atoms with E-state index in [1.807, 2.05) is 0 Å². The molecule has 1 saturated carbocycles. The van der Waals surface area contributed by atoms with Gasteiger partial charge in [-0.15, -0.1) is 0 Å². The number of aliphatic hydroxyl groups is 1. The maximum absolute atomic E-state index is 10.7. The van der Waals surface area contributed by atoms with Gasteiger partial charge in [-0.05, 0) is 18.8 Å². The molecule has 0 bridgehead atoms. The Morgan fingerprint density at radius 2 is 2.08 bits per heavy atom. The summed E-state index contributed by atoms with van der Waals surface area (Å²) >= 11 is 0. The van der Waals surface area contributed by atoms with E-state index in [1.54, 1.807) is 0 Å². The molecule has 0 heterocycles. The largest absolute Gasteiger partial charge is 0.392 e. The van der Waals surface area contributed by atoms with Crippen LogP contribution < -0.4 is 0 Å². The van der Waals surface area contributed by atoms with Gasteiger partial charge in [0, 0.05) is 6.26 Å². The Morgan fingerprint density at radius 3 is 2.50 bits per heavy atom. The summed E-state index contributed by atoms with van der Waals surface area (Å²) in [5.74, 6) is 0.680. The molecule has 1 N–H and O–H groups in total. The normalized spacial score (nSPS) is 20.8. The van der Waals surface area contributed by atoms with E-state index in [9.17, 15) is 13.5 Å². The Bertz CT molecular complexity index is 229. The van der Waals surface area contributed by atoms with E-state index in [-0.39, 0.29) is 5.75 Å². The first kappa shape index (κ1) is 9.99. The minimum atomic E-state index is -3.00. The van der Waals surface area contributed by atoms with Gasteiger partial charge in [-0.25, -0.2) is 8.42 Å². The highest BCUT2D eigenvalue weighted by Crippen LogP contribution is 2.33. The van der Waals surface area contributed by atoms with Crippen molar-refractivity contribution in [3.63, 3.8) is 0 Å². The molecule has 0 radical (unpaired) electrons. The van der Waals surface area contributed by atoms with E-state index in [0.717, 1.165) is 18.6 Å². The minimum absolute atomic E-state index is 0.0836. The summed E-state index contributed by atoms with van der Waals surface area (Å²) < 4.78 is 21.5. The average molecular weight is 192 g/mol. The van der Waals surface area contributed by atoms with Gasteiger partial charge in [0.2, 0.25) is 0 Å². The SMILES string of the molecule is CS(=O)(=O)CC(O)CCC1CC1. The summed E-state index contributed by atoms with van der Waals surface area (Å²) in [5.41, 5.74) is 0. The Labute approximate surface area is 73.7 Å². The Kier molecular flexibility index (Phi) is 3.12. The van der Waals surface area contributed by atoms with E-state index >= 15 is 0 Å². The van der Waals surface area contributed by atoms with Crippen LogP contribution in [-0.2, 0) is 9.84 Å². The molecule has 4 heteroatoms. The Balaban J connectivity index is 2.14. The van der Waals surface area contributed by atoms with Crippen LogP contribution in [0.3, 0.4) is 0 Å². The van der Waals surface area contributed by atoms with Crippen molar-refractivity contribution in [3.05, 3.63) is 0 Å². The maximum Gasteiger partial charge on any atom is 0.149 e. The molecule has 1 atom stereocenters. The number of hydrogen-bond donors (Lipinski definition) is 1. The molecule has 0 spiro atoms. The molecular formula is C8H16O3S. The summed E-state index contributed by atoms with van der Waals surface area (Å²) in [4.78, 5) is 0. The van der Waals surface area contributed by atoms with Crippen LogP contribution in [0.25, 0.3) is 0 Å². The molecule has 72 valence electrons. The van der Waals surface area contributed by atoms with Gasteiger partial charge in [0.05, 0.1) is 11.9 Å². The van der Waals surface area contributed by atoms with Crippen LogP contribution in [0, 0.1) is 5.92 Å². The average Bonchev–Trinajstić information content (AvgIpc) is 2.61. The van der Waals surface area contributed by atoms with Crippen LogP contribution in [0.4, 0.5) is 0 Å². The van der Waals surface area contributed by atoms with Crippen LogP contribution in [-0.4, -0.2) is 31.6 Å². The van der Waals surface area contributed by atoms with E-state index in [1.165, 1.54) is 12.8 Å². The molecule has 1 rings (SSSR count). The number of rotatable bonds is 5. The lowest BCUT2D eigenvalue weighted by Crippen LogP contribution is -2.19. The van der Waals surface area contributed by atoms with Crippen molar-refractivity contribution in [1.82, 2.24) is 0 Å². The van der Waals surface area contributed by atoms with Crippen molar-refractivity contribution in [2.45, 2.75) is 31.8 Å². The zero-order chi connectivity index (χ0) is 9.19. The summed E-state index contributed by atoms with van der Waals surface area (Å²) in [5, 5.41) is 9.28. The maximum atomic E-state index is 10.7. The monoisotopic (exact) mass is 192 g/mol. The smallest absolute Gasteiger partial charge is 0.149 e. The minimum Gasteiger partial charge on any atom is -0.392 e. The predicted octanol–water partition coefficient (Wildman–Crippen LogP) is 0.582. The van der Waals surface area contributed by atoms with Gasteiger partial charge in [0.15, 0.2) is 0 Å². The van der Waals surface area contributed by atoms with Crippen LogP contribution in [0.2, 0.25) is 0 Å². The van der Waals surface area contributed by atoms with Gasteiger partial charge in [-0.2, -0.15) is 0 Å². The van der Waals surface area contributed by atoms with Crippen molar-refractivity contribution in [1.29, 1.82) is 0 Å². The quantitative estimate of drug-likeness (QED) is 0.693. The Morgan fingerprint density at radius 1 is 1.50 bits per heavy atom. The highest BCUT2D eigenvalue weighted by molar-refractivity contribution is 7.90. The predicted molar refractivity (Wildman–Crippen MR) is 47.7 cm³/mol. The van der Waals surface area contributed by atoms with Gasteiger partial charge in [-0.3, -0.25) is 0 Å². The fourth-order valence-corrected chi connectivity index (χ4v) is 2.13. The lowest BCUT2D eigenvalue weighted by molar-refractivity contribution is 0.182. The van der Waals surface area contributed by atoms with Gasteiger partial charge in [0.1, 0.15) is 9.84 Å². The lowest BCUT2D eigenvalue weighted by atomic mass is 10.1. The van der Waals surface area contributed by atoms with Crippen molar-refractivity contribution in [3.8, 4) is 0 Å². The molecule has 1 aliphatic rings. The van der Waals surface area contributed by atoms with E-state index in [0.29, 0.717) is 6.42 Å². The second-order valence-electron chi connectivity index (χ2n) is 3.77. The molecule has 0 saturated heterocycles. The third-order valence-electron chi connectivity index (χ3n) is 2.10. The zero-order valence-corrected chi connectivity index (χ0v) is 8.18. The van der Waals surface area contributed by atoms with Crippen molar-refractivity contribution < 1.29 is 13.5 Å². The molecule has 1 aliphatic carbocycles. The topological polar surface area (TPSA) is 54.4 Å². The molecule has 0 aliphatic heterocycles. The first-order valence-corrected chi connectivity index (χ1v) is 6.39. The second-order valence-corrected chi connectivity index (χ2v) is 5.95. The molecule has 3 nitrogen and oxygen atoms in total. The van der Waals surface area contributed by atoms with Crippen molar-refractivity contribution in [2.75, 3.05) is 12.0 Å². The number of hydrogen-bond acceptors (Lipinski definition) is 3. The first-order chi connectivity index (χ1) is 5.47. The van der Waals surface area contributed by atoms with E-state index in [2.05, 4.69) is 0 Å². The fraction of sp³-hybridized carbons (Fsp3) is 1.00. The fourth-order valence-electron chi connectivity index (χ4n) is 1.27. The molecule has 12 heavy (non-hydrogen) atoms. The molecule has 1 fully saturated rings. The summed E-state index contributed by atoms with van der Waals surface area (Å²) in [6, 6.07) is 0. The lowest BCUT2D eigenvalue weighted by Gasteiger charge is -2.07. The summed E-state index contributed by atoms with van der Waals surface area (Å²) in [6.07, 6.45) is 4.64. The van der Waals surface area contributed by atoms with Crippen LogP contribution in [0.15, 0.2) is 0 Å². The first-order valence-electron chi connectivity index (χ1n) is 4.33. The molecule has 0 aromatic heterocycles. The van der Waals surface area contributed by atoms with Crippen LogP contribution in [0.5, 0.6) is 0 Å². The van der Waals surface area contributed by atoms with Gasteiger partial charge < -0.3 is 5.11 Å². The van der Waals surface area contributed by atoms with E-state index < -0.39 is 15.9 Å². The molecule has 0 amide bonds. The molecule has 1 unspecified atom stereocenters. The van der Waals surface area contributed by atoms with Crippen LogP contribution in [0.1, 0.15) is 25.7 Å². The number of sulfone groups is 1. The van der Waals surface area contributed by atoms with Gasteiger partial charge >= 0.3 is 0 Å². The van der Waals surface area contributed by atoms with Crippen molar-refractivity contribution >= 4 is 9.84 Å². The van der Waals surface area contributed by atoms with Gasteiger partial charge in [-0.1, -0.05) is 12.8 Å². The summed E-state index contributed by atoms with van der Waals surface area (Å²) in [6.45, 7) is 0. The molecular weight excluding hydrogens is 176 g/mol. The Hall–Kier alpha value is -0.0900. The third kappa shape index (κ3) is 4.72.